The van der Waals surface area contributed by atoms with Crippen molar-refractivity contribution in [1.82, 2.24) is 0 Å². The average Bonchev–Trinajstić information content (AvgIpc) is 2.39. The minimum absolute atomic E-state index is 0.0803. The second kappa shape index (κ2) is 6.65. The molecular weight excluding hydrogens is 276 g/mol. The van der Waals surface area contributed by atoms with Crippen molar-refractivity contribution in [1.29, 1.82) is 0 Å². The topological polar surface area (TPSA) is 35.5 Å². The summed E-state index contributed by atoms with van der Waals surface area (Å²) in [5.41, 5.74) is 2.64. The predicted molar refractivity (Wildman–Crippen MR) is 88.2 cm³/mol. The Kier molecular flexibility index (Phi) is 4.86. The molecular formula is C19H22O3. The maximum atomic E-state index is 11.6. The van der Waals surface area contributed by atoms with Gasteiger partial charge in [0.15, 0.2) is 5.78 Å². The molecule has 0 radical (unpaired) electrons. The van der Waals surface area contributed by atoms with Crippen LogP contribution in [0.1, 0.15) is 42.3 Å². The quantitative estimate of drug-likeness (QED) is 0.722. The van der Waals surface area contributed by atoms with Crippen LogP contribution in [0.3, 0.4) is 0 Å². The van der Waals surface area contributed by atoms with Crippen LogP contribution < -0.4 is 9.47 Å². The molecule has 0 heterocycles. The number of hydrogen-bond acceptors (Lipinski definition) is 3. The van der Waals surface area contributed by atoms with Crippen LogP contribution in [0, 0.1) is 13.8 Å². The van der Waals surface area contributed by atoms with Crippen molar-refractivity contribution in [2.45, 2.75) is 40.7 Å². The predicted octanol–water partition coefficient (Wildman–Crippen LogP) is 5.09. The number of carbonyl (C=O) groups is 1. The normalized spacial score (nSPS) is 10.6. The van der Waals surface area contributed by atoms with Crippen molar-refractivity contribution in [3.8, 4) is 17.2 Å². The first-order valence-electron chi connectivity index (χ1n) is 7.43. The first kappa shape index (κ1) is 16.1. The van der Waals surface area contributed by atoms with E-state index in [-0.39, 0.29) is 11.9 Å². The third kappa shape index (κ3) is 3.88. The minimum Gasteiger partial charge on any atom is -0.491 e. The van der Waals surface area contributed by atoms with E-state index in [0.29, 0.717) is 0 Å². The lowest BCUT2D eigenvalue weighted by molar-refractivity contribution is 0.101. The highest BCUT2D eigenvalue weighted by Gasteiger charge is 2.10. The van der Waals surface area contributed by atoms with E-state index in [1.54, 1.807) is 6.92 Å². The summed E-state index contributed by atoms with van der Waals surface area (Å²) >= 11 is 0. The molecule has 2 aromatic carbocycles. The third-order valence-corrected chi connectivity index (χ3v) is 3.29. The summed E-state index contributed by atoms with van der Waals surface area (Å²) in [6.07, 6.45) is 0.149. The first-order valence-corrected chi connectivity index (χ1v) is 7.43. The summed E-state index contributed by atoms with van der Waals surface area (Å²) in [5.74, 6) is 2.38. The maximum absolute atomic E-state index is 11.6. The van der Waals surface area contributed by atoms with E-state index in [4.69, 9.17) is 9.47 Å². The molecule has 3 nitrogen and oxygen atoms in total. The Morgan fingerprint density at radius 1 is 0.909 bits per heavy atom. The largest absolute Gasteiger partial charge is 0.491 e. The van der Waals surface area contributed by atoms with Gasteiger partial charge in [-0.25, -0.2) is 0 Å². The average molecular weight is 298 g/mol. The van der Waals surface area contributed by atoms with E-state index >= 15 is 0 Å². The van der Waals surface area contributed by atoms with Crippen LogP contribution in [0.15, 0.2) is 36.4 Å². The van der Waals surface area contributed by atoms with Crippen LogP contribution in [0.5, 0.6) is 17.2 Å². The third-order valence-electron chi connectivity index (χ3n) is 3.29. The van der Waals surface area contributed by atoms with Crippen molar-refractivity contribution in [3.05, 3.63) is 53.1 Å². The summed E-state index contributed by atoms with van der Waals surface area (Å²) in [5, 5.41) is 0. The van der Waals surface area contributed by atoms with Gasteiger partial charge in [-0.15, -0.1) is 0 Å². The molecule has 0 aliphatic rings. The van der Waals surface area contributed by atoms with E-state index in [9.17, 15) is 4.79 Å². The Morgan fingerprint density at radius 3 is 1.86 bits per heavy atom. The number of ketones is 1. The van der Waals surface area contributed by atoms with Gasteiger partial charge in [0, 0.05) is 5.56 Å². The van der Waals surface area contributed by atoms with Gasteiger partial charge in [0.2, 0.25) is 0 Å². The van der Waals surface area contributed by atoms with Gasteiger partial charge in [0.25, 0.3) is 0 Å². The fraction of sp³-hybridized carbons (Fsp3) is 0.316. The fourth-order valence-electron chi connectivity index (χ4n) is 2.53. The minimum atomic E-state index is 0.0803. The highest BCUT2D eigenvalue weighted by Crippen LogP contribution is 2.28. The van der Waals surface area contributed by atoms with Crippen molar-refractivity contribution in [2.24, 2.45) is 0 Å². The standard InChI is InChI=1S/C19H22O3/c1-12(2)21-16-6-8-17(9-7-16)22-18-10-13(3)19(15(5)20)14(4)11-18/h6-12H,1-5H3. The molecule has 116 valence electrons. The number of hydrogen-bond donors (Lipinski definition) is 0. The molecule has 0 atom stereocenters. The number of rotatable bonds is 5. The van der Waals surface area contributed by atoms with Gasteiger partial charge in [-0.1, -0.05) is 0 Å². The molecule has 2 aromatic rings. The van der Waals surface area contributed by atoms with Gasteiger partial charge >= 0.3 is 0 Å². The molecule has 0 aromatic heterocycles. The maximum Gasteiger partial charge on any atom is 0.160 e. The van der Waals surface area contributed by atoms with Crippen LogP contribution >= 0.6 is 0 Å². The van der Waals surface area contributed by atoms with Gasteiger partial charge in [-0.05, 0) is 82.1 Å². The molecule has 22 heavy (non-hydrogen) atoms. The highest BCUT2D eigenvalue weighted by molar-refractivity contribution is 5.97. The lowest BCUT2D eigenvalue weighted by Gasteiger charge is -2.13. The number of aryl methyl sites for hydroxylation is 2. The SMILES string of the molecule is CC(=O)c1c(C)cc(Oc2ccc(OC(C)C)cc2)cc1C. The molecule has 0 aliphatic heterocycles. The zero-order chi connectivity index (χ0) is 16.3. The number of Topliss-reactive ketones (excluding diaryl/α,β-unsaturated/α-hetero) is 1. The summed E-state index contributed by atoms with van der Waals surface area (Å²) in [6, 6.07) is 11.3. The van der Waals surface area contributed by atoms with Gasteiger partial charge < -0.3 is 9.47 Å². The molecule has 2 rings (SSSR count). The summed E-state index contributed by atoms with van der Waals surface area (Å²) in [6.45, 7) is 9.43. The smallest absolute Gasteiger partial charge is 0.160 e. The van der Waals surface area contributed by atoms with Crippen LogP contribution in [-0.2, 0) is 0 Å². The van der Waals surface area contributed by atoms with Crippen molar-refractivity contribution >= 4 is 5.78 Å². The van der Waals surface area contributed by atoms with Crippen LogP contribution in [0.4, 0.5) is 0 Å². The van der Waals surface area contributed by atoms with E-state index in [2.05, 4.69) is 0 Å². The van der Waals surface area contributed by atoms with E-state index < -0.39 is 0 Å². The van der Waals surface area contributed by atoms with E-state index in [1.807, 2.05) is 64.1 Å². The number of carbonyl (C=O) groups excluding carboxylic acids is 1. The molecule has 0 saturated heterocycles. The molecule has 0 amide bonds. The van der Waals surface area contributed by atoms with Gasteiger partial charge in [-0.3, -0.25) is 4.79 Å². The van der Waals surface area contributed by atoms with Crippen LogP contribution in [-0.4, -0.2) is 11.9 Å². The summed E-state index contributed by atoms with van der Waals surface area (Å²) in [7, 11) is 0. The second-order valence-corrected chi connectivity index (χ2v) is 5.73. The van der Waals surface area contributed by atoms with Gasteiger partial charge in [-0.2, -0.15) is 0 Å². The molecule has 0 bridgehead atoms. The molecule has 0 N–H and O–H groups in total. The zero-order valence-corrected chi connectivity index (χ0v) is 13.8. The van der Waals surface area contributed by atoms with E-state index in [0.717, 1.165) is 33.9 Å². The summed E-state index contributed by atoms with van der Waals surface area (Å²) < 4.78 is 11.5. The molecule has 0 spiro atoms. The monoisotopic (exact) mass is 298 g/mol. The second-order valence-electron chi connectivity index (χ2n) is 5.73. The van der Waals surface area contributed by atoms with Crippen molar-refractivity contribution < 1.29 is 14.3 Å². The molecule has 0 saturated carbocycles. The molecule has 3 heteroatoms. The fourth-order valence-corrected chi connectivity index (χ4v) is 2.53. The lowest BCUT2D eigenvalue weighted by Crippen LogP contribution is -2.05. The first-order chi connectivity index (χ1) is 10.4. The molecule has 0 aliphatic carbocycles. The van der Waals surface area contributed by atoms with Gasteiger partial charge in [0.05, 0.1) is 6.10 Å². The Bertz CT molecular complexity index is 647. The Labute approximate surface area is 131 Å². The van der Waals surface area contributed by atoms with Crippen molar-refractivity contribution in [3.63, 3.8) is 0 Å². The van der Waals surface area contributed by atoms with Crippen molar-refractivity contribution in [2.75, 3.05) is 0 Å². The molecule has 0 fully saturated rings. The Balaban J connectivity index is 2.19. The zero-order valence-electron chi connectivity index (χ0n) is 13.8. The number of benzene rings is 2. The number of ether oxygens (including phenoxy) is 2. The van der Waals surface area contributed by atoms with Gasteiger partial charge in [0.1, 0.15) is 17.2 Å². The Hall–Kier alpha value is -2.29. The van der Waals surface area contributed by atoms with E-state index in [1.165, 1.54) is 0 Å². The lowest BCUT2D eigenvalue weighted by atomic mass is 9.99. The Morgan fingerprint density at radius 2 is 1.41 bits per heavy atom. The van der Waals surface area contributed by atoms with Crippen LogP contribution in [0.2, 0.25) is 0 Å². The summed E-state index contributed by atoms with van der Waals surface area (Å²) in [4.78, 5) is 11.6. The molecule has 0 unspecified atom stereocenters. The highest BCUT2D eigenvalue weighted by atomic mass is 16.5. The van der Waals surface area contributed by atoms with Crippen LogP contribution in [0.25, 0.3) is 0 Å².